The molecule has 1 aliphatic heterocycles. The number of carbonyl (C=O) groups excluding carboxylic acids is 1. The van der Waals surface area contributed by atoms with Crippen molar-refractivity contribution in [3.05, 3.63) is 0 Å². The molecule has 3 nitrogen and oxygen atoms in total. The van der Waals surface area contributed by atoms with Gasteiger partial charge in [0.25, 0.3) is 0 Å². The summed E-state index contributed by atoms with van der Waals surface area (Å²) in [6, 6.07) is 0. The van der Waals surface area contributed by atoms with Gasteiger partial charge in [0.05, 0.1) is 0 Å². The summed E-state index contributed by atoms with van der Waals surface area (Å²) in [5.41, 5.74) is -0.170. The Kier molecular flexibility index (Phi) is 1.06. The fraction of sp³-hybridized carbons (Fsp3) is 0.857. The van der Waals surface area contributed by atoms with Crippen LogP contribution in [0.2, 0.25) is 0 Å². The van der Waals surface area contributed by atoms with Gasteiger partial charge in [0, 0.05) is 5.41 Å². The van der Waals surface area contributed by atoms with Gasteiger partial charge in [-0.3, -0.25) is 0 Å². The second-order valence-corrected chi connectivity index (χ2v) is 3.23. The third-order valence-corrected chi connectivity index (χ3v) is 2.65. The Morgan fingerprint density at radius 3 is 2.50 bits per heavy atom. The molecule has 56 valence electrons. The van der Waals surface area contributed by atoms with Crippen LogP contribution in [0.15, 0.2) is 0 Å². The lowest BCUT2D eigenvalue weighted by Crippen LogP contribution is -2.41. The lowest BCUT2D eigenvalue weighted by atomic mass is 9.67. The van der Waals surface area contributed by atoms with Crippen LogP contribution in [0.5, 0.6) is 0 Å². The molecule has 0 aromatic rings. The van der Waals surface area contributed by atoms with Crippen molar-refractivity contribution in [1.82, 2.24) is 0 Å². The Morgan fingerprint density at radius 1 is 1.60 bits per heavy atom. The van der Waals surface area contributed by atoms with Crippen molar-refractivity contribution in [2.24, 2.45) is 5.41 Å². The van der Waals surface area contributed by atoms with Crippen LogP contribution in [-0.4, -0.2) is 23.8 Å². The van der Waals surface area contributed by atoms with Gasteiger partial charge in [-0.15, -0.1) is 0 Å². The maximum atomic E-state index is 10.7. The van der Waals surface area contributed by atoms with Gasteiger partial charge in [0.15, 0.2) is 6.10 Å². The van der Waals surface area contributed by atoms with Crippen LogP contribution in [0.3, 0.4) is 0 Å². The molecular weight excluding hydrogens is 132 g/mol. The number of rotatable bonds is 0. The van der Waals surface area contributed by atoms with Gasteiger partial charge in [0.1, 0.15) is 6.61 Å². The summed E-state index contributed by atoms with van der Waals surface area (Å²) in [6.45, 7) is 0.438. The third-order valence-electron chi connectivity index (χ3n) is 2.65. The molecule has 1 aliphatic carbocycles. The quantitative estimate of drug-likeness (QED) is 0.487. The average molecular weight is 142 g/mol. The molecule has 1 atom stereocenters. The summed E-state index contributed by atoms with van der Waals surface area (Å²) in [5, 5.41) is 9.29. The molecule has 0 aromatic carbocycles. The van der Waals surface area contributed by atoms with Crippen LogP contribution in [0, 0.1) is 5.41 Å². The van der Waals surface area contributed by atoms with Gasteiger partial charge in [-0.2, -0.15) is 0 Å². The highest BCUT2D eigenvalue weighted by atomic mass is 16.6. The number of esters is 1. The standard InChI is InChI=1S/C7H10O3/c8-5-6(9)10-4-7(5)2-1-3-7/h5,8H,1-4H2/t5-/m1/s1. The van der Waals surface area contributed by atoms with E-state index in [1.807, 2.05) is 0 Å². The predicted octanol–water partition coefficient (Wildman–Crippen LogP) is 0.0744. The molecule has 0 radical (unpaired) electrons. The van der Waals surface area contributed by atoms with Gasteiger partial charge in [-0.25, -0.2) is 4.79 Å². The number of carbonyl (C=O) groups is 1. The smallest absolute Gasteiger partial charge is 0.335 e. The minimum absolute atomic E-state index is 0.170. The minimum atomic E-state index is -0.832. The molecule has 1 heterocycles. The SMILES string of the molecule is O=C1OCC2(CCC2)[C@@H]1O. The van der Waals surface area contributed by atoms with Gasteiger partial charge >= 0.3 is 5.97 Å². The molecule has 1 saturated carbocycles. The van der Waals surface area contributed by atoms with Crippen LogP contribution >= 0.6 is 0 Å². The van der Waals surface area contributed by atoms with E-state index in [4.69, 9.17) is 4.74 Å². The zero-order chi connectivity index (χ0) is 7.19. The molecule has 2 aliphatic rings. The normalized spacial score (nSPS) is 35.7. The summed E-state index contributed by atoms with van der Waals surface area (Å²) >= 11 is 0. The van der Waals surface area contributed by atoms with E-state index in [2.05, 4.69) is 0 Å². The largest absolute Gasteiger partial charge is 0.463 e. The Morgan fingerprint density at radius 2 is 2.30 bits per heavy atom. The van der Waals surface area contributed by atoms with E-state index < -0.39 is 12.1 Å². The van der Waals surface area contributed by atoms with Crippen molar-refractivity contribution in [1.29, 1.82) is 0 Å². The molecule has 0 bridgehead atoms. The highest BCUT2D eigenvalue weighted by molar-refractivity contribution is 5.77. The van der Waals surface area contributed by atoms with Gasteiger partial charge < -0.3 is 9.84 Å². The Bertz CT molecular complexity index is 172. The molecule has 0 aromatic heterocycles. The van der Waals surface area contributed by atoms with Crippen LogP contribution in [0.1, 0.15) is 19.3 Å². The first-order chi connectivity index (χ1) is 4.75. The Balaban J connectivity index is 2.17. The lowest BCUT2D eigenvalue weighted by Gasteiger charge is -2.37. The average Bonchev–Trinajstić information content (AvgIpc) is 2.10. The molecule has 0 amide bonds. The highest BCUT2D eigenvalue weighted by Gasteiger charge is 2.53. The summed E-state index contributed by atoms with van der Waals surface area (Å²) < 4.78 is 4.73. The van der Waals surface area contributed by atoms with Crippen molar-refractivity contribution < 1.29 is 14.6 Å². The minimum Gasteiger partial charge on any atom is -0.463 e. The van der Waals surface area contributed by atoms with E-state index in [1.165, 1.54) is 0 Å². The zero-order valence-electron chi connectivity index (χ0n) is 5.67. The second-order valence-electron chi connectivity index (χ2n) is 3.23. The molecule has 0 unspecified atom stereocenters. The van der Waals surface area contributed by atoms with E-state index in [0.717, 1.165) is 19.3 Å². The number of aliphatic hydroxyl groups is 1. The number of ether oxygens (including phenoxy) is 1. The Hall–Kier alpha value is -0.570. The first kappa shape index (κ1) is 6.16. The van der Waals surface area contributed by atoms with Gasteiger partial charge in [0.2, 0.25) is 0 Å². The van der Waals surface area contributed by atoms with Crippen LogP contribution < -0.4 is 0 Å². The number of cyclic esters (lactones) is 1. The summed E-state index contributed by atoms with van der Waals surface area (Å²) in [6.07, 6.45) is 2.18. The molecule has 1 spiro atoms. The van der Waals surface area contributed by atoms with E-state index in [-0.39, 0.29) is 5.41 Å². The first-order valence-corrected chi connectivity index (χ1v) is 3.59. The van der Waals surface area contributed by atoms with Crippen molar-refractivity contribution in [3.63, 3.8) is 0 Å². The maximum Gasteiger partial charge on any atom is 0.335 e. The topological polar surface area (TPSA) is 46.5 Å². The number of hydrogen-bond donors (Lipinski definition) is 1. The van der Waals surface area contributed by atoms with Gasteiger partial charge in [-0.1, -0.05) is 6.42 Å². The zero-order valence-corrected chi connectivity index (χ0v) is 5.67. The monoisotopic (exact) mass is 142 g/mol. The summed E-state index contributed by atoms with van der Waals surface area (Å²) in [4.78, 5) is 10.7. The van der Waals surface area contributed by atoms with Crippen LogP contribution in [0.4, 0.5) is 0 Å². The molecule has 1 saturated heterocycles. The van der Waals surface area contributed by atoms with Gasteiger partial charge in [-0.05, 0) is 12.8 Å². The number of hydrogen-bond acceptors (Lipinski definition) is 3. The Labute approximate surface area is 59.0 Å². The predicted molar refractivity (Wildman–Crippen MR) is 33.2 cm³/mol. The number of aliphatic hydroxyl groups excluding tert-OH is 1. The van der Waals surface area contributed by atoms with Crippen LogP contribution in [-0.2, 0) is 9.53 Å². The fourth-order valence-corrected chi connectivity index (χ4v) is 1.67. The fourth-order valence-electron chi connectivity index (χ4n) is 1.67. The van der Waals surface area contributed by atoms with Crippen molar-refractivity contribution >= 4 is 5.97 Å². The van der Waals surface area contributed by atoms with Crippen molar-refractivity contribution in [3.8, 4) is 0 Å². The third kappa shape index (κ3) is 0.560. The first-order valence-electron chi connectivity index (χ1n) is 3.59. The molecule has 2 rings (SSSR count). The summed E-state index contributed by atoms with van der Waals surface area (Å²) in [5.74, 6) is -0.431. The molecule has 1 N–H and O–H groups in total. The van der Waals surface area contributed by atoms with E-state index in [9.17, 15) is 9.90 Å². The van der Waals surface area contributed by atoms with E-state index in [1.54, 1.807) is 0 Å². The maximum absolute atomic E-state index is 10.7. The molecule has 2 fully saturated rings. The molecular formula is C7H10O3. The van der Waals surface area contributed by atoms with E-state index in [0.29, 0.717) is 6.61 Å². The van der Waals surface area contributed by atoms with Crippen molar-refractivity contribution in [2.75, 3.05) is 6.61 Å². The second kappa shape index (κ2) is 1.72. The molecule has 3 heteroatoms. The summed E-state index contributed by atoms with van der Waals surface area (Å²) in [7, 11) is 0. The lowest BCUT2D eigenvalue weighted by molar-refractivity contribution is -0.145. The van der Waals surface area contributed by atoms with Crippen LogP contribution in [0.25, 0.3) is 0 Å². The van der Waals surface area contributed by atoms with E-state index >= 15 is 0 Å². The highest BCUT2D eigenvalue weighted by Crippen LogP contribution is 2.47. The van der Waals surface area contributed by atoms with Crippen molar-refractivity contribution in [2.45, 2.75) is 25.4 Å². The molecule has 10 heavy (non-hydrogen) atoms.